The van der Waals surface area contributed by atoms with Gasteiger partial charge in [-0.25, -0.2) is 4.98 Å². The molecule has 0 bridgehead atoms. The van der Waals surface area contributed by atoms with Gasteiger partial charge in [-0.3, -0.25) is 4.79 Å². The number of alkyl halides is 3. The van der Waals surface area contributed by atoms with Crippen LogP contribution in [0.4, 0.5) is 42.0 Å². The fraction of sp³-hybridized carbons (Fsp3) is 0.148. The fourth-order valence-corrected chi connectivity index (χ4v) is 3.44. The average molecular weight is 492 g/mol. The summed E-state index contributed by atoms with van der Waals surface area (Å²) in [4.78, 5) is 21.2. The van der Waals surface area contributed by atoms with Gasteiger partial charge in [-0.05, 0) is 67.9 Å². The summed E-state index contributed by atoms with van der Waals surface area (Å²) >= 11 is 0. The summed E-state index contributed by atoms with van der Waals surface area (Å²) in [7, 11) is 0. The Balaban J connectivity index is 1.35. The van der Waals surface area contributed by atoms with Crippen LogP contribution < -0.4 is 16.0 Å². The smallest absolute Gasteiger partial charge is 0.340 e. The molecule has 0 fully saturated rings. The van der Waals surface area contributed by atoms with Gasteiger partial charge in [0.25, 0.3) is 0 Å². The van der Waals surface area contributed by atoms with Crippen LogP contribution in [-0.4, -0.2) is 15.9 Å². The monoisotopic (exact) mass is 491 g/mol. The molecule has 9 heteroatoms. The van der Waals surface area contributed by atoms with E-state index in [9.17, 15) is 18.0 Å². The van der Waals surface area contributed by atoms with Crippen molar-refractivity contribution in [3.8, 4) is 0 Å². The third kappa shape index (κ3) is 6.82. The molecular formula is C27H24F3N5O. The van der Waals surface area contributed by atoms with E-state index in [-0.39, 0.29) is 12.3 Å². The molecule has 184 valence electrons. The molecule has 3 aromatic carbocycles. The maximum Gasteiger partial charge on any atom is 0.416 e. The number of aromatic nitrogens is 2. The lowest BCUT2D eigenvalue weighted by Crippen LogP contribution is -2.14. The molecular weight excluding hydrogens is 467 g/mol. The van der Waals surface area contributed by atoms with Gasteiger partial charge in [0.1, 0.15) is 5.82 Å². The van der Waals surface area contributed by atoms with E-state index in [0.29, 0.717) is 23.0 Å². The number of nitrogens with zero attached hydrogens (tertiary/aromatic N) is 2. The number of halogens is 3. The molecule has 0 spiro atoms. The Morgan fingerprint density at radius 1 is 0.778 bits per heavy atom. The molecule has 0 saturated carbocycles. The Morgan fingerprint density at radius 3 is 2.00 bits per heavy atom. The first-order valence-electron chi connectivity index (χ1n) is 11.2. The van der Waals surface area contributed by atoms with Crippen LogP contribution in [0.2, 0.25) is 0 Å². The van der Waals surface area contributed by atoms with Crippen LogP contribution >= 0.6 is 0 Å². The fourth-order valence-electron chi connectivity index (χ4n) is 3.44. The van der Waals surface area contributed by atoms with E-state index in [2.05, 4.69) is 25.9 Å². The average Bonchev–Trinajstić information content (AvgIpc) is 2.81. The highest BCUT2D eigenvalue weighted by atomic mass is 19.4. The molecule has 0 aliphatic heterocycles. The maximum atomic E-state index is 12.7. The minimum atomic E-state index is -4.40. The molecule has 0 atom stereocenters. The normalized spacial score (nSPS) is 11.1. The minimum absolute atomic E-state index is 0.0326. The second-order valence-electron chi connectivity index (χ2n) is 8.33. The number of amides is 1. The molecule has 0 radical (unpaired) electrons. The molecule has 1 amide bonds. The topological polar surface area (TPSA) is 78.9 Å². The van der Waals surface area contributed by atoms with Gasteiger partial charge in [-0.1, -0.05) is 29.8 Å². The Labute approximate surface area is 206 Å². The van der Waals surface area contributed by atoms with Gasteiger partial charge < -0.3 is 16.0 Å². The lowest BCUT2D eigenvalue weighted by atomic mass is 10.1. The Bertz CT molecular complexity index is 1340. The Hall–Kier alpha value is -4.40. The van der Waals surface area contributed by atoms with Gasteiger partial charge in [0.05, 0.1) is 12.0 Å². The van der Waals surface area contributed by atoms with E-state index < -0.39 is 11.7 Å². The standard InChI is InChI=1S/C27H24F3N5O/c1-17-3-9-23(10-4-17)34-26-31-18(2)15-24(35-26)32-21-11-13-22(14-12-21)33-25(36)16-19-5-7-20(8-6-19)27(28,29)30/h3-15H,16H2,1-2H3,(H,33,36)(H2,31,32,34,35). The van der Waals surface area contributed by atoms with Crippen LogP contribution in [0.3, 0.4) is 0 Å². The molecule has 3 N–H and O–H groups in total. The number of benzene rings is 3. The first kappa shape index (κ1) is 24.7. The molecule has 1 aromatic heterocycles. The van der Waals surface area contributed by atoms with Crippen LogP contribution in [0.25, 0.3) is 0 Å². The van der Waals surface area contributed by atoms with E-state index >= 15 is 0 Å². The van der Waals surface area contributed by atoms with Gasteiger partial charge in [0, 0.05) is 28.8 Å². The van der Waals surface area contributed by atoms with Crippen LogP contribution in [-0.2, 0) is 17.4 Å². The van der Waals surface area contributed by atoms with Crippen molar-refractivity contribution in [1.82, 2.24) is 9.97 Å². The molecule has 36 heavy (non-hydrogen) atoms. The second-order valence-corrected chi connectivity index (χ2v) is 8.33. The van der Waals surface area contributed by atoms with Crippen molar-refractivity contribution in [3.05, 3.63) is 101 Å². The third-order valence-corrected chi connectivity index (χ3v) is 5.25. The van der Waals surface area contributed by atoms with Crippen molar-refractivity contribution in [2.24, 2.45) is 0 Å². The Kier molecular flexibility index (Phi) is 7.19. The molecule has 4 rings (SSSR count). The quantitative estimate of drug-likeness (QED) is 0.266. The van der Waals surface area contributed by atoms with Gasteiger partial charge >= 0.3 is 6.18 Å². The molecule has 6 nitrogen and oxygen atoms in total. The van der Waals surface area contributed by atoms with E-state index in [4.69, 9.17) is 0 Å². The summed E-state index contributed by atoms with van der Waals surface area (Å²) < 4.78 is 38.1. The van der Waals surface area contributed by atoms with Crippen LogP contribution in [0, 0.1) is 13.8 Å². The molecule has 4 aromatic rings. The summed E-state index contributed by atoms with van der Waals surface area (Å²) in [5.41, 5.74) is 3.91. The number of hydrogen-bond acceptors (Lipinski definition) is 5. The predicted octanol–water partition coefficient (Wildman–Crippen LogP) is 6.78. The van der Waals surface area contributed by atoms with Crippen molar-refractivity contribution in [1.29, 1.82) is 0 Å². The molecule has 1 heterocycles. The van der Waals surface area contributed by atoms with E-state index in [1.54, 1.807) is 24.3 Å². The number of rotatable bonds is 7. The molecule has 0 saturated heterocycles. The third-order valence-electron chi connectivity index (χ3n) is 5.25. The maximum absolute atomic E-state index is 12.7. The van der Waals surface area contributed by atoms with E-state index in [1.807, 2.05) is 44.2 Å². The van der Waals surface area contributed by atoms with Crippen molar-refractivity contribution in [3.63, 3.8) is 0 Å². The molecule has 0 unspecified atom stereocenters. The van der Waals surface area contributed by atoms with Gasteiger partial charge in [0.2, 0.25) is 11.9 Å². The zero-order valence-electron chi connectivity index (χ0n) is 19.6. The summed E-state index contributed by atoms with van der Waals surface area (Å²) in [5.74, 6) is 0.749. The highest BCUT2D eigenvalue weighted by Crippen LogP contribution is 2.29. The number of carbonyl (C=O) groups is 1. The second kappa shape index (κ2) is 10.5. The molecule has 0 aliphatic carbocycles. The SMILES string of the molecule is Cc1ccc(Nc2nc(C)cc(Nc3ccc(NC(=O)Cc4ccc(C(F)(F)F)cc4)cc3)n2)cc1. The zero-order valence-corrected chi connectivity index (χ0v) is 19.6. The number of hydrogen-bond donors (Lipinski definition) is 3. The summed E-state index contributed by atoms with van der Waals surface area (Å²) in [6, 6.07) is 21.3. The van der Waals surface area contributed by atoms with Crippen molar-refractivity contribution >= 4 is 34.7 Å². The van der Waals surface area contributed by atoms with Gasteiger partial charge in [0.15, 0.2) is 0 Å². The van der Waals surface area contributed by atoms with E-state index in [1.165, 1.54) is 12.1 Å². The van der Waals surface area contributed by atoms with E-state index in [0.717, 1.165) is 34.8 Å². The van der Waals surface area contributed by atoms with Gasteiger partial charge in [-0.15, -0.1) is 0 Å². The Morgan fingerprint density at radius 2 is 1.36 bits per heavy atom. The van der Waals surface area contributed by atoms with Crippen LogP contribution in [0.15, 0.2) is 78.9 Å². The van der Waals surface area contributed by atoms with Crippen molar-refractivity contribution < 1.29 is 18.0 Å². The first-order valence-corrected chi connectivity index (χ1v) is 11.2. The molecule has 0 aliphatic rings. The first-order chi connectivity index (χ1) is 17.1. The lowest BCUT2D eigenvalue weighted by molar-refractivity contribution is -0.137. The summed E-state index contributed by atoms with van der Waals surface area (Å²) in [6.45, 7) is 3.90. The number of anilines is 5. The predicted molar refractivity (Wildman–Crippen MR) is 135 cm³/mol. The highest BCUT2D eigenvalue weighted by Gasteiger charge is 2.29. The number of carbonyl (C=O) groups excluding carboxylic acids is 1. The van der Waals surface area contributed by atoms with Crippen LogP contribution in [0.1, 0.15) is 22.4 Å². The van der Waals surface area contributed by atoms with Crippen molar-refractivity contribution in [2.45, 2.75) is 26.4 Å². The minimum Gasteiger partial charge on any atom is -0.340 e. The summed E-state index contributed by atoms with van der Waals surface area (Å²) in [6.07, 6.45) is -4.44. The summed E-state index contributed by atoms with van der Waals surface area (Å²) in [5, 5.41) is 9.17. The van der Waals surface area contributed by atoms with Crippen molar-refractivity contribution in [2.75, 3.05) is 16.0 Å². The highest BCUT2D eigenvalue weighted by molar-refractivity contribution is 5.92. The number of aryl methyl sites for hydroxylation is 2. The number of nitrogens with one attached hydrogen (secondary N) is 3. The lowest BCUT2D eigenvalue weighted by Gasteiger charge is -2.11. The largest absolute Gasteiger partial charge is 0.416 e. The van der Waals surface area contributed by atoms with Crippen LogP contribution in [0.5, 0.6) is 0 Å². The van der Waals surface area contributed by atoms with Gasteiger partial charge in [-0.2, -0.15) is 18.2 Å². The zero-order chi connectivity index (χ0) is 25.7.